The first-order valence-corrected chi connectivity index (χ1v) is 11.2. The van der Waals surface area contributed by atoms with Gasteiger partial charge in [0.1, 0.15) is 27.4 Å². The number of rotatable bonds is 5. The zero-order chi connectivity index (χ0) is 25.0. The van der Waals surface area contributed by atoms with Crippen molar-refractivity contribution in [1.29, 1.82) is 0 Å². The normalized spacial score (nSPS) is 13.9. The predicted octanol–water partition coefficient (Wildman–Crippen LogP) is 4.82. The van der Waals surface area contributed by atoms with Crippen LogP contribution in [0.25, 0.3) is 16.7 Å². The SMILES string of the molecule is Cn1c(Nc2cnc(N3CCC3)c(C(F)(F)F)c2)nc2ncc(Oc3cnn4ccncc34)c(Cl)c21. The molecule has 6 heterocycles. The van der Waals surface area contributed by atoms with Crippen molar-refractivity contribution in [2.24, 2.45) is 7.05 Å². The summed E-state index contributed by atoms with van der Waals surface area (Å²) >= 11 is 6.63. The molecule has 1 aliphatic heterocycles. The molecule has 5 aromatic heterocycles. The van der Waals surface area contributed by atoms with E-state index in [-0.39, 0.29) is 28.2 Å². The Morgan fingerprint density at radius 1 is 1.08 bits per heavy atom. The monoisotopic (exact) mass is 515 g/mol. The second-order valence-electron chi connectivity index (χ2n) is 8.18. The molecule has 0 aliphatic carbocycles. The summed E-state index contributed by atoms with van der Waals surface area (Å²) in [6.45, 7) is 1.10. The highest BCUT2D eigenvalue weighted by Gasteiger charge is 2.37. The molecule has 0 unspecified atom stereocenters. The molecule has 14 heteroatoms. The molecule has 6 rings (SSSR count). The van der Waals surface area contributed by atoms with Gasteiger partial charge in [0, 0.05) is 32.5 Å². The van der Waals surface area contributed by atoms with E-state index in [9.17, 15) is 13.2 Å². The van der Waals surface area contributed by atoms with Gasteiger partial charge in [-0.1, -0.05) is 11.6 Å². The average Bonchev–Trinajstić information content (AvgIpc) is 3.36. The minimum absolute atomic E-state index is 0.0707. The van der Waals surface area contributed by atoms with Gasteiger partial charge in [0.05, 0.1) is 30.5 Å². The number of alkyl halides is 3. The Morgan fingerprint density at radius 2 is 1.92 bits per heavy atom. The molecule has 1 saturated heterocycles. The van der Waals surface area contributed by atoms with Crippen molar-refractivity contribution >= 4 is 45.7 Å². The van der Waals surface area contributed by atoms with E-state index in [1.54, 1.807) is 39.6 Å². The molecule has 0 spiro atoms. The summed E-state index contributed by atoms with van der Waals surface area (Å²) in [6, 6.07) is 1.03. The fourth-order valence-electron chi connectivity index (χ4n) is 3.95. The van der Waals surface area contributed by atoms with Crippen LogP contribution in [0.15, 0.2) is 43.2 Å². The molecule has 1 N–H and O–H groups in total. The molecule has 0 atom stereocenters. The van der Waals surface area contributed by atoms with E-state index in [1.807, 2.05) is 0 Å². The molecule has 5 aromatic rings. The molecule has 184 valence electrons. The van der Waals surface area contributed by atoms with Crippen LogP contribution in [0.5, 0.6) is 11.5 Å². The number of hydrogen-bond donors (Lipinski definition) is 1. The van der Waals surface area contributed by atoms with Gasteiger partial charge >= 0.3 is 6.18 Å². The number of pyridine rings is 2. The van der Waals surface area contributed by atoms with Gasteiger partial charge in [-0.25, -0.2) is 14.5 Å². The van der Waals surface area contributed by atoms with Crippen molar-refractivity contribution in [3.8, 4) is 11.5 Å². The Morgan fingerprint density at radius 3 is 2.67 bits per heavy atom. The maximum atomic E-state index is 13.7. The highest BCUT2D eigenvalue weighted by atomic mass is 35.5. The molecule has 36 heavy (non-hydrogen) atoms. The van der Waals surface area contributed by atoms with Gasteiger partial charge in [0.2, 0.25) is 5.95 Å². The van der Waals surface area contributed by atoms with Crippen LogP contribution in [0.3, 0.4) is 0 Å². The Balaban J connectivity index is 1.34. The lowest BCUT2D eigenvalue weighted by Gasteiger charge is -2.33. The molecular weight excluding hydrogens is 499 g/mol. The maximum Gasteiger partial charge on any atom is 0.420 e. The second kappa shape index (κ2) is 8.22. The zero-order valence-corrected chi connectivity index (χ0v) is 19.4. The van der Waals surface area contributed by atoms with Crippen molar-refractivity contribution < 1.29 is 17.9 Å². The fraction of sp³-hybridized carbons (Fsp3) is 0.227. The van der Waals surface area contributed by atoms with Gasteiger partial charge in [-0.05, 0) is 12.5 Å². The first-order chi connectivity index (χ1) is 17.3. The second-order valence-corrected chi connectivity index (χ2v) is 8.56. The number of aromatic nitrogens is 7. The molecular formula is C22H17ClF3N9O. The lowest BCUT2D eigenvalue weighted by molar-refractivity contribution is -0.137. The Kier molecular flexibility index (Phi) is 5.10. The summed E-state index contributed by atoms with van der Waals surface area (Å²) in [5, 5.41) is 7.33. The van der Waals surface area contributed by atoms with Crippen LogP contribution in [0.1, 0.15) is 12.0 Å². The van der Waals surface area contributed by atoms with Gasteiger partial charge in [0.15, 0.2) is 17.1 Å². The van der Waals surface area contributed by atoms with Crippen molar-refractivity contribution in [2.75, 3.05) is 23.3 Å². The van der Waals surface area contributed by atoms with Crippen LogP contribution < -0.4 is 15.0 Å². The molecule has 10 nitrogen and oxygen atoms in total. The van der Waals surface area contributed by atoms with Crippen LogP contribution in [-0.2, 0) is 13.2 Å². The van der Waals surface area contributed by atoms with E-state index in [1.165, 1.54) is 18.6 Å². The summed E-state index contributed by atoms with van der Waals surface area (Å²) in [7, 11) is 1.67. The number of hydrogen-bond acceptors (Lipinski definition) is 8. The van der Waals surface area contributed by atoms with E-state index in [0.29, 0.717) is 35.5 Å². The van der Waals surface area contributed by atoms with Crippen molar-refractivity contribution in [3.05, 3.63) is 53.8 Å². The molecule has 0 saturated carbocycles. The maximum absolute atomic E-state index is 13.7. The first kappa shape index (κ1) is 22.3. The number of aryl methyl sites for hydroxylation is 1. The van der Waals surface area contributed by atoms with Crippen LogP contribution >= 0.6 is 11.6 Å². The standard InChI is InChI=1S/C22H17ClF3N9O/c1-33-18-17(23)16(36-15-11-30-35-6-3-27-9-14(15)35)10-28-19(18)32-21(33)31-12-7-13(22(24,25)26)20(29-8-12)34-4-2-5-34/h3,6-11H,2,4-5H2,1H3,(H,28,31,32). The van der Waals surface area contributed by atoms with Gasteiger partial charge in [-0.15, -0.1) is 0 Å². The van der Waals surface area contributed by atoms with Gasteiger partial charge < -0.3 is 19.5 Å². The smallest absolute Gasteiger partial charge is 0.420 e. The quantitative estimate of drug-likeness (QED) is 0.355. The van der Waals surface area contributed by atoms with E-state index >= 15 is 0 Å². The summed E-state index contributed by atoms with van der Waals surface area (Å²) < 4.78 is 50.3. The van der Waals surface area contributed by atoms with Gasteiger partial charge in [0.25, 0.3) is 0 Å². The van der Waals surface area contributed by atoms with Crippen LogP contribution in [0.2, 0.25) is 5.02 Å². The summed E-state index contributed by atoms with van der Waals surface area (Å²) in [5.41, 5.74) is 0.695. The van der Waals surface area contributed by atoms with Crippen LogP contribution in [0.4, 0.5) is 30.6 Å². The first-order valence-electron chi connectivity index (χ1n) is 10.8. The number of fused-ring (bicyclic) bond motifs is 2. The Labute approximate surface area is 206 Å². The number of ether oxygens (including phenoxy) is 1. The van der Waals surface area contributed by atoms with Crippen LogP contribution in [0, 0.1) is 0 Å². The van der Waals surface area contributed by atoms with Gasteiger partial charge in [-0.3, -0.25) is 4.98 Å². The van der Waals surface area contributed by atoms with E-state index in [0.717, 1.165) is 12.5 Å². The van der Waals surface area contributed by atoms with E-state index < -0.39 is 11.7 Å². The minimum atomic E-state index is -4.55. The number of imidazole rings is 1. The lowest BCUT2D eigenvalue weighted by Crippen LogP contribution is -2.39. The third-order valence-electron chi connectivity index (χ3n) is 5.90. The third-order valence-corrected chi connectivity index (χ3v) is 6.26. The Bertz CT molecular complexity index is 1610. The molecule has 0 aromatic carbocycles. The minimum Gasteiger partial charge on any atom is -0.450 e. The fourth-order valence-corrected chi connectivity index (χ4v) is 4.25. The predicted molar refractivity (Wildman–Crippen MR) is 126 cm³/mol. The third kappa shape index (κ3) is 3.71. The molecule has 1 fully saturated rings. The highest BCUT2D eigenvalue weighted by Crippen LogP contribution is 2.40. The van der Waals surface area contributed by atoms with Crippen LogP contribution in [-0.4, -0.2) is 47.2 Å². The van der Waals surface area contributed by atoms with Gasteiger partial charge in [-0.2, -0.15) is 23.3 Å². The Hall–Kier alpha value is -4.13. The van der Waals surface area contributed by atoms with Crippen molar-refractivity contribution in [1.82, 2.24) is 34.1 Å². The topological polar surface area (TPSA) is 98.3 Å². The number of halogens is 4. The highest BCUT2D eigenvalue weighted by molar-refractivity contribution is 6.36. The number of anilines is 3. The summed E-state index contributed by atoms with van der Waals surface area (Å²) in [6.07, 6.45) is 5.48. The molecule has 0 bridgehead atoms. The number of nitrogens with one attached hydrogen (secondary N) is 1. The molecule has 0 radical (unpaired) electrons. The van der Waals surface area contributed by atoms with Crippen molar-refractivity contribution in [2.45, 2.75) is 12.6 Å². The zero-order valence-electron chi connectivity index (χ0n) is 18.7. The summed E-state index contributed by atoms with van der Waals surface area (Å²) in [5.74, 6) is 0.860. The number of nitrogens with zero attached hydrogens (tertiary/aromatic N) is 8. The average molecular weight is 516 g/mol. The van der Waals surface area contributed by atoms with E-state index in [4.69, 9.17) is 16.3 Å². The largest absolute Gasteiger partial charge is 0.450 e. The van der Waals surface area contributed by atoms with E-state index in [2.05, 4.69) is 30.4 Å². The molecule has 1 aliphatic rings. The summed E-state index contributed by atoms with van der Waals surface area (Å²) in [4.78, 5) is 18.5. The lowest BCUT2D eigenvalue weighted by atomic mass is 10.1. The molecule has 0 amide bonds. The van der Waals surface area contributed by atoms with Crippen molar-refractivity contribution in [3.63, 3.8) is 0 Å².